The predicted octanol–water partition coefficient (Wildman–Crippen LogP) is 3.52. The topological polar surface area (TPSA) is 61.7 Å². The molecule has 21 heavy (non-hydrogen) atoms. The maximum absolute atomic E-state index is 9.92. The van der Waals surface area contributed by atoms with Gasteiger partial charge in [0.05, 0.1) is 7.11 Å². The van der Waals surface area contributed by atoms with Gasteiger partial charge in [-0.1, -0.05) is 24.3 Å². The Hall–Kier alpha value is -2.20. The third-order valence-corrected chi connectivity index (χ3v) is 3.59. The molecule has 0 aliphatic heterocycles. The van der Waals surface area contributed by atoms with E-state index >= 15 is 0 Å². The van der Waals surface area contributed by atoms with E-state index in [0.717, 1.165) is 16.9 Å². The van der Waals surface area contributed by atoms with E-state index in [1.165, 1.54) is 6.07 Å². The first kappa shape index (κ1) is 15.2. The zero-order chi connectivity index (χ0) is 15.4. The second-order valence-electron chi connectivity index (χ2n) is 5.10. The van der Waals surface area contributed by atoms with Crippen LogP contribution in [0.15, 0.2) is 42.5 Å². The average Bonchev–Trinajstić information content (AvgIpc) is 2.46. The van der Waals surface area contributed by atoms with Crippen molar-refractivity contribution in [1.82, 2.24) is 5.32 Å². The number of aromatic hydroxyl groups is 2. The van der Waals surface area contributed by atoms with E-state index in [4.69, 9.17) is 4.74 Å². The summed E-state index contributed by atoms with van der Waals surface area (Å²) in [7, 11) is 1.65. The first-order chi connectivity index (χ1) is 10.0. The number of para-hydroxylation sites is 1. The first-order valence-electron chi connectivity index (χ1n) is 6.93. The summed E-state index contributed by atoms with van der Waals surface area (Å²) < 4.78 is 5.37. The van der Waals surface area contributed by atoms with Gasteiger partial charge in [-0.2, -0.15) is 0 Å². The highest BCUT2D eigenvalue weighted by Crippen LogP contribution is 2.31. The van der Waals surface area contributed by atoms with E-state index in [1.807, 2.05) is 38.1 Å². The minimum Gasteiger partial charge on any atom is -0.508 e. The maximum Gasteiger partial charge on any atom is 0.124 e. The fourth-order valence-corrected chi connectivity index (χ4v) is 2.48. The molecule has 0 saturated heterocycles. The van der Waals surface area contributed by atoms with E-state index in [2.05, 4.69) is 5.32 Å². The molecule has 0 amide bonds. The van der Waals surface area contributed by atoms with Gasteiger partial charge >= 0.3 is 0 Å². The highest BCUT2D eigenvalue weighted by molar-refractivity contribution is 5.41. The largest absolute Gasteiger partial charge is 0.508 e. The van der Waals surface area contributed by atoms with Gasteiger partial charge in [0.2, 0.25) is 0 Å². The summed E-state index contributed by atoms with van der Waals surface area (Å²) in [5, 5.41) is 22.7. The molecular weight excluding hydrogens is 266 g/mol. The van der Waals surface area contributed by atoms with E-state index < -0.39 is 0 Å². The summed E-state index contributed by atoms with van der Waals surface area (Å²) in [6.45, 7) is 4.02. The molecule has 2 aromatic rings. The Labute approximate surface area is 125 Å². The molecule has 0 spiro atoms. The van der Waals surface area contributed by atoms with Crippen molar-refractivity contribution in [2.75, 3.05) is 7.11 Å². The molecule has 112 valence electrons. The van der Waals surface area contributed by atoms with Crippen LogP contribution in [0.2, 0.25) is 0 Å². The minimum atomic E-state index is -0.0643. The highest BCUT2D eigenvalue weighted by atomic mass is 16.5. The van der Waals surface area contributed by atoms with Crippen LogP contribution in [-0.4, -0.2) is 17.3 Å². The number of phenols is 2. The molecule has 0 saturated carbocycles. The monoisotopic (exact) mass is 287 g/mol. The molecule has 2 aromatic carbocycles. The van der Waals surface area contributed by atoms with Crippen molar-refractivity contribution in [2.24, 2.45) is 0 Å². The van der Waals surface area contributed by atoms with Gasteiger partial charge in [-0.25, -0.2) is 0 Å². The third-order valence-electron chi connectivity index (χ3n) is 3.59. The number of methoxy groups -OCH3 is 1. The molecule has 0 heterocycles. The minimum absolute atomic E-state index is 0.0567. The van der Waals surface area contributed by atoms with E-state index in [9.17, 15) is 10.2 Å². The van der Waals surface area contributed by atoms with Gasteiger partial charge in [0.1, 0.15) is 17.2 Å². The highest BCUT2D eigenvalue weighted by Gasteiger charge is 2.16. The molecule has 3 N–H and O–H groups in total. The van der Waals surface area contributed by atoms with Crippen molar-refractivity contribution < 1.29 is 14.9 Å². The van der Waals surface area contributed by atoms with E-state index in [-0.39, 0.29) is 23.6 Å². The third kappa shape index (κ3) is 3.47. The quantitative estimate of drug-likeness (QED) is 0.787. The lowest BCUT2D eigenvalue weighted by Crippen LogP contribution is -2.23. The summed E-state index contributed by atoms with van der Waals surface area (Å²) in [6, 6.07) is 12.5. The molecule has 2 rings (SSSR count). The van der Waals surface area contributed by atoms with Gasteiger partial charge in [0.15, 0.2) is 0 Å². The van der Waals surface area contributed by atoms with Crippen LogP contribution in [0.1, 0.15) is 37.1 Å². The number of hydrogen-bond acceptors (Lipinski definition) is 4. The second kappa shape index (κ2) is 6.50. The molecule has 2 atom stereocenters. The Bertz CT molecular complexity index is 613. The number of benzene rings is 2. The molecule has 0 fully saturated rings. The Kier molecular flexibility index (Phi) is 4.70. The zero-order valence-corrected chi connectivity index (χ0v) is 12.5. The predicted molar refractivity (Wildman–Crippen MR) is 82.7 cm³/mol. The Balaban J connectivity index is 2.16. The Morgan fingerprint density at radius 3 is 2.29 bits per heavy atom. The maximum atomic E-state index is 9.92. The fraction of sp³-hybridized carbons (Fsp3) is 0.294. The summed E-state index contributed by atoms with van der Waals surface area (Å²) in [5.41, 5.74) is 1.81. The Morgan fingerprint density at radius 1 is 0.952 bits per heavy atom. The summed E-state index contributed by atoms with van der Waals surface area (Å²) >= 11 is 0. The van der Waals surface area contributed by atoms with Crippen molar-refractivity contribution in [3.05, 3.63) is 53.6 Å². The number of hydrogen-bond donors (Lipinski definition) is 3. The van der Waals surface area contributed by atoms with Gasteiger partial charge in [-0.15, -0.1) is 0 Å². The van der Waals surface area contributed by atoms with Crippen LogP contribution in [0.25, 0.3) is 0 Å². The summed E-state index contributed by atoms with van der Waals surface area (Å²) in [5.74, 6) is 0.975. The van der Waals surface area contributed by atoms with E-state index in [1.54, 1.807) is 19.2 Å². The molecule has 0 aliphatic rings. The molecule has 4 nitrogen and oxygen atoms in total. The van der Waals surface area contributed by atoms with Crippen LogP contribution in [0.4, 0.5) is 0 Å². The van der Waals surface area contributed by atoms with Gasteiger partial charge in [-0.3, -0.25) is 0 Å². The molecule has 0 aliphatic carbocycles. The van der Waals surface area contributed by atoms with Crippen molar-refractivity contribution in [1.29, 1.82) is 0 Å². The zero-order valence-electron chi connectivity index (χ0n) is 12.5. The van der Waals surface area contributed by atoms with Gasteiger partial charge in [-0.05, 0) is 26.0 Å². The average molecular weight is 287 g/mol. The van der Waals surface area contributed by atoms with Crippen LogP contribution < -0.4 is 10.1 Å². The van der Waals surface area contributed by atoms with Crippen LogP contribution in [-0.2, 0) is 0 Å². The van der Waals surface area contributed by atoms with E-state index in [0.29, 0.717) is 0 Å². The van der Waals surface area contributed by atoms with Crippen molar-refractivity contribution >= 4 is 0 Å². The molecule has 1 unspecified atom stereocenters. The lowest BCUT2D eigenvalue weighted by atomic mass is 10.0. The molecule has 0 aromatic heterocycles. The molecule has 0 radical (unpaired) electrons. The molecular formula is C17H21NO3. The van der Waals surface area contributed by atoms with Crippen molar-refractivity contribution in [3.8, 4) is 17.2 Å². The fourth-order valence-electron chi connectivity index (χ4n) is 2.48. The first-order valence-corrected chi connectivity index (χ1v) is 6.93. The van der Waals surface area contributed by atoms with Gasteiger partial charge in [0.25, 0.3) is 0 Å². The summed E-state index contributed by atoms with van der Waals surface area (Å²) in [6.07, 6.45) is 0. The van der Waals surface area contributed by atoms with Crippen molar-refractivity contribution in [3.63, 3.8) is 0 Å². The molecule has 4 heteroatoms. The second-order valence-corrected chi connectivity index (χ2v) is 5.10. The van der Waals surface area contributed by atoms with Crippen LogP contribution in [0, 0.1) is 0 Å². The number of ether oxygens (including phenoxy) is 1. The lowest BCUT2D eigenvalue weighted by Gasteiger charge is -2.23. The van der Waals surface area contributed by atoms with Crippen molar-refractivity contribution in [2.45, 2.75) is 25.9 Å². The van der Waals surface area contributed by atoms with Gasteiger partial charge < -0.3 is 20.3 Å². The standard InChI is InChI=1S/C17H21NO3/c1-11(14-9-8-13(19)10-16(14)20)18-12(2)15-6-4-5-7-17(15)21-3/h4-12,18-20H,1-3H3/t11?,12-/m1/s1. The smallest absolute Gasteiger partial charge is 0.124 e. The normalized spacial score (nSPS) is 13.7. The number of nitrogens with one attached hydrogen (secondary N) is 1. The Morgan fingerprint density at radius 2 is 1.62 bits per heavy atom. The van der Waals surface area contributed by atoms with Crippen LogP contribution in [0.5, 0.6) is 17.2 Å². The number of phenolic OH excluding ortho intramolecular Hbond substituents is 2. The number of rotatable bonds is 5. The summed E-state index contributed by atoms with van der Waals surface area (Å²) in [4.78, 5) is 0. The lowest BCUT2D eigenvalue weighted by molar-refractivity contribution is 0.393. The molecule has 0 bridgehead atoms. The van der Waals surface area contributed by atoms with Crippen LogP contribution >= 0.6 is 0 Å². The SMILES string of the molecule is COc1ccccc1[C@@H](C)NC(C)c1ccc(O)cc1O. The van der Waals surface area contributed by atoms with Gasteiger partial charge in [0, 0.05) is 29.3 Å². The van der Waals surface area contributed by atoms with Crippen LogP contribution in [0.3, 0.4) is 0 Å².